The molecule has 3 aromatic carbocycles. The van der Waals surface area contributed by atoms with E-state index in [0.29, 0.717) is 22.5 Å². The predicted octanol–water partition coefficient (Wildman–Crippen LogP) is 4.93. The molecule has 0 radical (unpaired) electrons. The maximum Gasteiger partial charge on any atom is 0.266 e. The van der Waals surface area contributed by atoms with Crippen molar-refractivity contribution in [2.45, 2.75) is 6.92 Å². The van der Waals surface area contributed by atoms with Crippen LogP contribution in [0.2, 0.25) is 0 Å². The molecule has 0 aliphatic carbocycles. The van der Waals surface area contributed by atoms with Gasteiger partial charge in [-0.25, -0.2) is 4.39 Å². The molecule has 3 rings (SSSR count). The van der Waals surface area contributed by atoms with Crippen LogP contribution in [0.3, 0.4) is 0 Å². The number of nitrogens with one attached hydrogen (secondary N) is 2. The molecule has 0 aliphatic rings. The van der Waals surface area contributed by atoms with Gasteiger partial charge in [0, 0.05) is 16.9 Å². The molecular formula is C24H18FN3O2. The lowest BCUT2D eigenvalue weighted by Crippen LogP contribution is -2.13. The standard InChI is InChI=1S/C24H18FN3O2/c1-16-5-7-18(8-6-16)23(29)28-22-4-2-3-17(14-22)13-19(15-26)24(30)27-21-11-9-20(25)10-12-21/h2-14H,1H3,(H,27,30)(H,28,29)/b19-13+. The van der Waals surface area contributed by atoms with Gasteiger partial charge in [0.15, 0.2) is 0 Å². The minimum atomic E-state index is -0.613. The number of hydrogen-bond acceptors (Lipinski definition) is 3. The first-order valence-corrected chi connectivity index (χ1v) is 9.11. The normalized spacial score (nSPS) is 10.8. The monoisotopic (exact) mass is 399 g/mol. The van der Waals surface area contributed by atoms with Crippen molar-refractivity contribution < 1.29 is 14.0 Å². The summed E-state index contributed by atoms with van der Waals surface area (Å²) in [6.45, 7) is 1.94. The molecule has 0 heterocycles. The Labute approximate surface area is 173 Å². The number of halogens is 1. The van der Waals surface area contributed by atoms with Gasteiger partial charge >= 0.3 is 0 Å². The largest absolute Gasteiger partial charge is 0.322 e. The second-order valence-corrected chi connectivity index (χ2v) is 6.58. The fourth-order valence-corrected chi connectivity index (χ4v) is 2.66. The Bertz CT molecular complexity index is 1140. The van der Waals surface area contributed by atoms with Gasteiger partial charge in [-0.3, -0.25) is 9.59 Å². The van der Waals surface area contributed by atoms with E-state index >= 15 is 0 Å². The van der Waals surface area contributed by atoms with Crippen molar-refractivity contribution in [1.29, 1.82) is 5.26 Å². The SMILES string of the molecule is Cc1ccc(C(=O)Nc2cccc(/C=C(\C#N)C(=O)Nc3ccc(F)cc3)c2)cc1. The van der Waals surface area contributed by atoms with Crippen LogP contribution in [0.25, 0.3) is 6.08 Å². The zero-order valence-corrected chi connectivity index (χ0v) is 16.1. The Hall–Kier alpha value is -4.24. The molecule has 148 valence electrons. The maximum absolute atomic E-state index is 13.0. The van der Waals surface area contributed by atoms with Gasteiger partial charge < -0.3 is 10.6 Å². The van der Waals surface area contributed by atoms with Crippen LogP contribution in [0.15, 0.2) is 78.4 Å². The van der Waals surface area contributed by atoms with E-state index in [4.69, 9.17) is 0 Å². The summed E-state index contributed by atoms with van der Waals surface area (Å²) in [5, 5.41) is 14.7. The number of aryl methyl sites for hydroxylation is 1. The summed E-state index contributed by atoms with van der Waals surface area (Å²) in [5.41, 5.74) is 2.94. The van der Waals surface area contributed by atoms with Crippen molar-refractivity contribution in [1.82, 2.24) is 0 Å². The highest BCUT2D eigenvalue weighted by Crippen LogP contribution is 2.17. The minimum absolute atomic E-state index is 0.124. The number of carbonyl (C=O) groups is 2. The number of hydrogen-bond donors (Lipinski definition) is 2. The molecule has 0 saturated carbocycles. The molecule has 5 nitrogen and oxygen atoms in total. The van der Waals surface area contributed by atoms with Gasteiger partial charge in [0.2, 0.25) is 0 Å². The molecule has 2 amide bonds. The van der Waals surface area contributed by atoms with Crippen LogP contribution >= 0.6 is 0 Å². The Balaban J connectivity index is 1.74. The number of anilines is 2. The van der Waals surface area contributed by atoms with Gasteiger partial charge in [-0.2, -0.15) is 5.26 Å². The van der Waals surface area contributed by atoms with E-state index in [2.05, 4.69) is 10.6 Å². The van der Waals surface area contributed by atoms with Gasteiger partial charge in [-0.15, -0.1) is 0 Å². The average molecular weight is 399 g/mol. The Morgan fingerprint density at radius 3 is 2.30 bits per heavy atom. The minimum Gasteiger partial charge on any atom is -0.322 e. The number of benzene rings is 3. The van der Waals surface area contributed by atoms with Crippen molar-refractivity contribution in [2.75, 3.05) is 10.6 Å². The third kappa shape index (κ3) is 5.40. The molecule has 0 unspecified atom stereocenters. The van der Waals surface area contributed by atoms with Crippen molar-refractivity contribution in [3.05, 3.63) is 101 Å². The summed E-state index contributed by atoms with van der Waals surface area (Å²) in [4.78, 5) is 24.7. The van der Waals surface area contributed by atoms with Gasteiger partial charge in [0.25, 0.3) is 11.8 Å². The average Bonchev–Trinajstić information content (AvgIpc) is 2.74. The quantitative estimate of drug-likeness (QED) is 0.471. The van der Waals surface area contributed by atoms with E-state index in [0.717, 1.165) is 5.56 Å². The molecule has 2 N–H and O–H groups in total. The van der Waals surface area contributed by atoms with E-state index in [-0.39, 0.29) is 11.5 Å². The molecule has 6 heteroatoms. The van der Waals surface area contributed by atoms with Crippen LogP contribution in [0, 0.1) is 24.1 Å². The molecule has 0 atom stereocenters. The lowest BCUT2D eigenvalue weighted by molar-refractivity contribution is -0.112. The summed E-state index contributed by atoms with van der Waals surface area (Å²) in [5.74, 6) is -1.29. The van der Waals surface area contributed by atoms with Crippen molar-refractivity contribution >= 4 is 29.3 Å². The fourth-order valence-electron chi connectivity index (χ4n) is 2.66. The zero-order chi connectivity index (χ0) is 21.5. The van der Waals surface area contributed by atoms with Crippen LogP contribution in [0.1, 0.15) is 21.5 Å². The van der Waals surface area contributed by atoms with E-state index in [1.165, 1.54) is 30.3 Å². The third-order valence-corrected chi connectivity index (χ3v) is 4.24. The van der Waals surface area contributed by atoms with Crippen molar-refractivity contribution in [3.63, 3.8) is 0 Å². The van der Waals surface area contributed by atoms with E-state index in [1.807, 2.05) is 25.1 Å². The lowest BCUT2D eigenvalue weighted by atomic mass is 10.1. The molecule has 0 fully saturated rings. The molecule has 0 aliphatic heterocycles. The second kappa shape index (κ2) is 9.30. The molecule has 0 aromatic heterocycles. The first kappa shape index (κ1) is 20.5. The molecule has 30 heavy (non-hydrogen) atoms. The zero-order valence-electron chi connectivity index (χ0n) is 16.1. The van der Waals surface area contributed by atoms with Gasteiger partial charge in [0.05, 0.1) is 0 Å². The highest BCUT2D eigenvalue weighted by Gasteiger charge is 2.10. The maximum atomic E-state index is 13.0. The third-order valence-electron chi connectivity index (χ3n) is 4.24. The number of carbonyl (C=O) groups excluding carboxylic acids is 2. The number of nitrogens with zero attached hydrogens (tertiary/aromatic N) is 1. The molecular weight excluding hydrogens is 381 g/mol. The molecule has 0 saturated heterocycles. The van der Waals surface area contributed by atoms with E-state index in [9.17, 15) is 19.2 Å². The summed E-state index contributed by atoms with van der Waals surface area (Å²) in [7, 11) is 0. The number of rotatable bonds is 5. The van der Waals surface area contributed by atoms with Gasteiger partial charge in [0.1, 0.15) is 17.5 Å². The molecule has 0 bridgehead atoms. The summed E-state index contributed by atoms with van der Waals surface area (Å²) in [6, 6.07) is 21.1. The van der Waals surface area contributed by atoms with Crippen molar-refractivity contribution in [3.8, 4) is 6.07 Å². The molecule has 0 spiro atoms. The van der Waals surface area contributed by atoms with Crippen LogP contribution in [-0.2, 0) is 4.79 Å². The predicted molar refractivity (Wildman–Crippen MR) is 114 cm³/mol. The van der Waals surface area contributed by atoms with Crippen LogP contribution in [-0.4, -0.2) is 11.8 Å². The smallest absolute Gasteiger partial charge is 0.266 e. The first-order chi connectivity index (χ1) is 14.4. The summed E-state index contributed by atoms with van der Waals surface area (Å²) >= 11 is 0. The van der Waals surface area contributed by atoms with Crippen molar-refractivity contribution in [2.24, 2.45) is 0 Å². The highest BCUT2D eigenvalue weighted by molar-refractivity contribution is 6.10. The van der Waals surface area contributed by atoms with Gasteiger partial charge in [-0.05, 0) is 67.1 Å². The Morgan fingerprint density at radius 2 is 1.63 bits per heavy atom. The van der Waals surface area contributed by atoms with Crippen LogP contribution in [0.5, 0.6) is 0 Å². The Morgan fingerprint density at radius 1 is 0.933 bits per heavy atom. The van der Waals surface area contributed by atoms with Gasteiger partial charge in [-0.1, -0.05) is 29.8 Å². The van der Waals surface area contributed by atoms with E-state index in [1.54, 1.807) is 36.4 Å². The van der Waals surface area contributed by atoms with Crippen LogP contribution in [0.4, 0.5) is 15.8 Å². The lowest BCUT2D eigenvalue weighted by Gasteiger charge is -2.07. The summed E-state index contributed by atoms with van der Waals surface area (Å²) < 4.78 is 13.0. The first-order valence-electron chi connectivity index (χ1n) is 9.11. The Kier molecular flexibility index (Phi) is 6.36. The number of amides is 2. The number of nitriles is 1. The molecule has 3 aromatic rings. The van der Waals surface area contributed by atoms with E-state index < -0.39 is 11.7 Å². The fraction of sp³-hybridized carbons (Fsp3) is 0.0417. The summed E-state index contributed by atoms with van der Waals surface area (Å²) in [6.07, 6.45) is 1.42. The highest BCUT2D eigenvalue weighted by atomic mass is 19.1. The topological polar surface area (TPSA) is 82.0 Å². The second-order valence-electron chi connectivity index (χ2n) is 6.58. The van der Waals surface area contributed by atoms with Crippen LogP contribution < -0.4 is 10.6 Å².